The van der Waals surface area contributed by atoms with E-state index in [0.29, 0.717) is 6.54 Å². The standard InChI is InChI=1S/C12H16Cl2N2/c13-11-5-4-6-12(14)10(11)9-15-16-7-2-1-3-8-16/h4-6,15H,1-3,7-9H2. The summed E-state index contributed by atoms with van der Waals surface area (Å²) >= 11 is 12.2. The van der Waals surface area contributed by atoms with Crippen LogP contribution in [0.25, 0.3) is 0 Å². The predicted octanol–water partition coefficient (Wildman–Crippen LogP) is 3.48. The number of hydrogen-bond acceptors (Lipinski definition) is 2. The van der Waals surface area contributed by atoms with E-state index >= 15 is 0 Å². The second-order valence-corrected chi connectivity index (χ2v) is 4.90. The molecule has 1 aromatic rings. The van der Waals surface area contributed by atoms with Crippen LogP contribution in [0, 0.1) is 0 Å². The third-order valence-electron chi connectivity index (χ3n) is 2.90. The van der Waals surface area contributed by atoms with Gasteiger partial charge < -0.3 is 0 Å². The maximum Gasteiger partial charge on any atom is 0.0466 e. The maximum atomic E-state index is 6.10. The van der Waals surface area contributed by atoms with E-state index in [9.17, 15) is 0 Å². The van der Waals surface area contributed by atoms with Gasteiger partial charge in [0.25, 0.3) is 0 Å². The van der Waals surface area contributed by atoms with Crippen molar-refractivity contribution in [2.75, 3.05) is 13.1 Å². The lowest BCUT2D eigenvalue weighted by Gasteiger charge is -2.27. The summed E-state index contributed by atoms with van der Waals surface area (Å²) in [7, 11) is 0. The third-order valence-corrected chi connectivity index (χ3v) is 3.61. The SMILES string of the molecule is Clc1cccc(Cl)c1CNN1CCCCC1. The minimum Gasteiger partial charge on any atom is -0.251 e. The summed E-state index contributed by atoms with van der Waals surface area (Å²) in [6, 6.07) is 5.62. The number of piperidine rings is 1. The van der Waals surface area contributed by atoms with Gasteiger partial charge in [-0.05, 0) is 25.0 Å². The van der Waals surface area contributed by atoms with Crippen molar-refractivity contribution in [2.24, 2.45) is 0 Å². The molecule has 1 fully saturated rings. The molecule has 1 N–H and O–H groups in total. The van der Waals surface area contributed by atoms with Gasteiger partial charge in [-0.3, -0.25) is 5.43 Å². The molecule has 0 bridgehead atoms. The zero-order valence-corrected chi connectivity index (χ0v) is 10.7. The fourth-order valence-corrected chi connectivity index (χ4v) is 2.48. The Morgan fingerprint density at radius 3 is 2.31 bits per heavy atom. The van der Waals surface area contributed by atoms with Gasteiger partial charge in [-0.15, -0.1) is 0 Å². The monoisotopic (exact) mass is 258 g/mol. The van der Waals surface area contributed by atoms with Crippen LogP contribution in [0.4, 0.5) is 0 Å². The molecule has 4 heteroatoms. The smallest absolute Gasteiger partial charge is 0.0466 e. The van der Waals surface area contributed by atoms with Crippen molar-refractivity contribution < 1.29 is 0 Å². The largest absolute Gasteiger partial charge is 0.251 e. The topological polar surface area (TPSA) is 15.3 Å². The first kappa shape index (κ1) is 12.2. The van der Waals surface area contributed by atoms with Gasteiger partial charge in [0.05, 0.1) is 0 Å². The van der Waals surface area contributed by atoms with Crippen molar-refractivity contribution in [3.05, 3.63) is 33.8 Å². The van der Waals surface area contributed by atoms with Crippen molar-refractivity contribution >= 4 is 23.2 Å². The first-order valence-electron chi connectivity index (χ1n) is 5.69. The van der Waals surface area contributed by atoms with Gasteiger partial charge in [0.15, 0.2) is 0 Å². The summed E-state index contributed by atoms with van der Waals surface area (Å²) in [6.07, 6.45) is 3.87. The highest BCUT2D eigenvalue weighted by atomic mass is 35.5. The number of hydrogen-bond donors (Lipinski definition) is 1. The molecule has 0 atom stereocenters. The zero-order chi connectivity index (χ0) is 11.4. The number of rotatable bonds is 3. The lowest BCUT2D eigenvalue weighted by molar-refractivity contribution is 0.151. The van der Waals surface area contributed by atoms with Crippen LogP contribution < -0.4 is 5.43 Å². The van der Waals surface area contributed by atoms with Crippen LogP contribution >= 0.6 is 23.2 Å². The number of hydrazine groups is 1. The molecule has 1 heterocycles. The molecule has 16 heavy (non-hydrogen) atoms. The molecule has 1 aliphatic heterocycles. The zero-order valence-electron chi connectivity index (χ0n) is 9.18. The molecule has 0 unspecified atom stereocenters. The van der Waals surface area contributed by atoms with E-state index in [-0.39, 0.29) is 0 Å². The van der Waals surface area contributed by atoms with Crippen molar-refractivity contribution in [3.8, 4) is 0 Å². The van der Waals surface area contributed by atoms with Crippen molar-refractivity contribution in [1.29, 1.82) is 0 Å². The van der Waals surface area contributed by atoms with Gasteiger partial charge in [-0.2, -0.15) is 0 Å². The molecule has 2 nitrogen and oxygen atoms in total. The van der Waals surface area contributed by atoms with E-state index < -0.39 is 0 Å². The van der Waals surface area contributed by atoms with E-state index in [1.54, 1.807) is 0 Å². The Hall–Kier alpha value is -0.280. The molecule has 0 saturated carbocycles. The van der Waals surface area contributed by atoms with Crippen molar-refractivity contribution in [3.63, 3.8) is 0 Å². The second-order valence-electron chi connectivity index (χ2n) is 4.08. The molecule has 2 rings (SSSR count). The lowest BCUT2D eigenvalue weighted by Crippen LogP contribution is -2.41. The highest BCUT2D eigenvalue weighted by Gasteiger charge is 2.11. The predicted molar refractivity (Wildman–Crippen MR) is 68.7 cm³/mol. The Kier molecular flexibility index (Phi) is 4.47. The highest BCUT2D eigenvalue weighted by Crippen LogP contribution is 2.24. The average molecular weight is 259 g/mol. The summed E-state index contributed by atoms with van der Waals surface area (Å²) in [5.41, 5.74) is 4.37. The fourth-order valence-electron chi connectivity index (χ4n) is 1.94. The van der Waals surface area contributed by atoms with Crippen LogP contribution in [-0.2, 0) is 6.54 Å². The van der Waals surface area contributed by atoms with E-state index in [0.717, 1.165) is 28.7 Å². The Labute approximate surface area is 107 Å². The van der Waals surface area contributed by atoms with Crippen molar-refractivity contribution in [2.45, 2.75) is 25.8 Å². The molecular formula is C12H16Cl2N2. The van der Waals surface area contributed by atoms with E-state index in [1.807, 2.05) is 18.2 Å². The summed E-state index contributed by atoms with van der Waals surface area (Å²) in [5, 5.41) is 3.72. The Bertz CT molecular complexity index is 329. The molecule has 0 aromatic heterocycles. The Morgan fingerprint density at radius 2 is 1.69 bits per heavy atom. The first-order chi connectivity index (χ1) is 7.77. The third kappa shape index (κ3) is 3.11. The first-order valence-corrected chi connectivity index (χ1v) is 6.44. The van der Waals surface area contributed by atoms with E-state index in [4.69, 9.17) is 23.2 Å². The Morgan fingerprint density at radius 1 is 1.06 bits per heavy atom. The summed E-state index contributed by atoms with van der Waals surface area (Å²) in [5.74, 6) is 0. The molecule has 0 amide bonds. The van der Waals surface area contributed by atoms with Gasteiger partial charge in [-0.1, -0.05) is 35.7 Å². The maximum absolute atomic E-state index is 6.10. The van der Waals surface area contributed by atoms with Gasteiger partial charge in [0.2, 0.25) is 0 Å². The van der Waals surface area contributed by atoms with Gasteiger partial charge in [0, 0.05) is 35.2 Å². The fraction of sp³-hybridized carbons (Fsp3) is 0.500. The summed E-state index contributed by atoms with van der Waals surface area (Å²) in [6.45, 7) is 2.93. The van der Waals surface area contributed by atoms with Crippen LogP contribution in [-0.4, -0.2) is 18.1 Å². The van der Waals surface area contributed by atoms with Gasteiger partial charge in [-0.25, -0.2) is 5.01 Å². The van der Waals surface area contributed by atoms with Gasteiger partial charge >= 0.3 is 0 Å². The van der Waals surface area contributed by atoms with Crippen LogP contribution in [0.15, 0.2) is 18.2 Å². The van der Waals surface area contributed by atoms with Crippen molar-refractivity contribution in [1.82, 2.24) is 10.4 Å². The lowest BCUT2D eigenvalue weighted by atomic mass is 10.2. The molecule has 0 radical (unpaired) electrons. The summed E-state index contributed by atoms with van der Waals surface area (Å²) < 4.78 is 0. The minimum atomic E-state index is 0.707. The number of nitrogens with zero attached hydrogens (tertiary/aromatic N) is 1. The number of halogens is 2. The molecule has 1 saturated heterocycles. The molecule has 1 aliphatic rings. The highest BCUT2D eigenvalue weighted by molar-refractivity contribution is 6.35. The molecule has 0 spiro atoms. The van der Waals surface area contributed by atoms with E-state index in [1.165, 1.54) is 19.3 Å². The van der Waals surface area contributed by atoms with E-state index in [2.05, 4.69) is 10.4 Å². The molecular weight excluding hydrogens is 243 g/mol. The normalized spacial score (nSPS) is 17.6. The molecule has 88 valence electrons. The number of benzene rings is 1. The number of nitrogens with one attached hydrogen (secondary N) is 1. The second kappa shape index (κ2) is 5.87. The average Bonchev–Trinajstić information content (AvgIpc) is 2.30. The van der Waals surface area contributed by atoms with Crippen LogP contribution in [0.5, 0.6) is 0 Å². The summed E-state index contributed by atoms with van der Waals surface area (Å²) in [4.78, 5) is 0. The quantitative estimate of drug-likeness (QED) is 0.893. The van der Waals surface area contributed by atoms with Crippen LogP contribution in [0.1, 0.15) is 24.8 Å². The molecule has 0 aliphatic carbocycles. The minimum absolute atomic E-state index is 0.707. The Balaban J connectivity index is 1.93. The van der Waals surface area contributed by atoms with Crippen LogP contribution in [0.2, 0.25) is 10.0 Å². The molecule has 1 aromatic carbocycles. The van der Waals surface area contributed by atoms with Crippen LogP contribution in [0.3, 0.4) is 0 Å². The van der Waals surface area contributed by atoms with Gasteiger partial charge in [0.1, 0.15) is 0 Å².